The summed E-state index contributed by atoms with van der Waals surface area (Å²) < 4.78 is 51.6. The molecule has 0 bridgehead atoms. The largest absolute Gasteiger partial charge is 0.414 e. The van der Waals surface area contributed by atoms with Crippen molar-refractivity contribution in [3.05, 3.63) is 17.1 Å². The standard InChI is InChI=1S/C9H10F2N4O3S2/c1-4(20(12,16)17)2-6-13-3-5(19-6)8-14-15-9(18-8)7(10)11/h3-4,7H,2H2,1H3,(H2,12,16,17). The Bertz CT molecular complexity index is 698. The van der Waals surface area contributed by atoms with Crippen LogP contribution in [-0.2, 0) is 16.4 Å². The van der Waals surface area contributed by atoms with E-state index >= 15 is 0 Å². The normalized spacial score (nSPS) is 13.8. The zero-order chi connectivity index (χ0) is 14.9. The zero-order valence-corrected chi connectivity index (χ0v) is 11.8. The quantitative estimate of drug-likeness (QED) is 0.888. The topological polar surface area (TPSA) is 112 Å². The summed E-state index contributed by atoms with van der Waals surface area (Å²) >= 11 is 1.08. The van der Waals surface area contributed by atoms with E-state index < -0.39 is 27.6 Å². The highest BCUT2D eigenvalue weighted by Crippen LogP contribution is 2.28. The second-order valence-corrected chi connectivity index (χ2v) is 7.07. The number of nitrogens with two attached hydrogens (primary N) is 1. The van der Waals surface area contributed by atoms with Gasteiger partial charge >= 0.3 is 6.43 Å². The highest BCUT2D eigenvalue weighted by Gasteiger charge is 2.21. The number of aromatic nitrogens is 3. The number of primary sulfonamides is 1. The van der Waals surface area contributed by atoms with Crippen molar-refractivity contribution in [2.45, 2.75) is 25.0 Å². The van der Waals surface area contributed by atoms with E-state index in [0.717, 1.165) is 11.3 Å². The third-order valence-electron chi connectivity index (χ3n) is 2.41. The van der Waals surface area contributed by atoms with Crippen molar-refractivity contribution in [2.75, 3.05) is 0 Å². The Balaban J connectivity index is 2.16. The van der Waals surface area contributed by atoms with Crippen LogP contribution in [0.2, 0.25) is 0 Å². The average molecular weight is 324 g/mol. The summed E-state index contributed by atoms with van der Waals surface area (Å²) in [6, 6.07) is 0. The van der Waals surface area contributed by atoms with Gasteiger partial charge in [-0.1, -0.05) is 0 Å². The van der Waals surface area contributed by atoms with Crippen LogP contribution in [0, 0.1) is 0 Å². The van der Waals surface area contributed by atoms with Crippen molar-refractivity contribution in [3.8, 4) is 10.8 Å². The van der Waals surface area contributed by atoms with E-state index in [4.69, 9.17) is 9.56 Å². The second kappa shape index (κ2) is 5.50. The number of alkyl halides is 2. The van der Waals surface area contributed by atoms with Gasteiger partial charge in [-0.25, -0.2) is 18.5 Å². The van der Waals surface area contributed by atoms with Crippen LogP contribution in [0.5, 0.6) is 0 Å². The fourth-order valence-electron chi connectivity index (χ4n) is 1.29. The van der Waals surface area contributed by atoms with Gasteiger partial charge in [0.2, 0.25) is 10.0 Å². The number of nitrogens with zero attached hydrogens (tertiary/aromatic N) is 3. The van der Waals surface area contributed by atoms with Crippen LogP contribution in [0.25, 0.3) is 10.8 Å². The summed E-state index contributed by atoms with van der Waals surface area (Å²) in [6.45, 7) is 1.46. The first-order chi connectivity index (χ1) is 9.27. The molecule has 2 rings (SSSR count). The molecular weight excluding hydrogens is 314 g/mol. The molecule has 7 nitrogen and oxygen atoms in total. The van der Waals surface area contributed by atoms with E-state index in [2.05, 4.69) is 15.2 Å². The van der Waals surface area contributed by atoms with E-state index in [1.54, 1.807) is 0 Å². The van der Waals surface area contributed by atoms with Crippen molar-refractivity contribution in [2.24, 2.45) is 5.14 Å². The Hall–Kier alpha value is -1.46. The van der Waals surface area contributed by atoms with E-state index in [1.165, 1.54) is 13.1 Å². The number of hydrogen-bond donors (Lipinski definition) is 1. The summed E-state index contributed by atoms with van der Waals surface area (Å²) in [7, 11) is -3.65. The van der Waals surface area contributed by atoms with Crippen LogP contribution in [0.15, 0.2) is 10.6 Å². The summed E-state index contributed by atoms with van der Waals surface area (Å²) in [4.78, 5) is 4.37. The molecule has 110 valence electrons. The molecule has 2 heterocycles. The number of thiazole rings is 1. The molecule has 0 fully saturated rings. The first-order valence-electron chi connectivity index (χ1n) is 5.35. The van der Waals surface area contributed by atoms with Gasteiger partial charge in [-0.3, -0.25) is 0 Å². The van der Waals surface area contributed by atoms with Gasteiger partial charge in [0.25, 0.3) is 11.8 Å². The van der Waals surface area contributed by atoms with Crippen LogP contribution in [0.4, 0.5) is 8.78 Å². The highest BCUT2D eigenvalue weighted by atomic mass is 32.2. The van der Waals surface area contributed by atoms with Crippen LogP contribution >= 0.6 is 11.3 Å². The number of rotatable bonds is 5. The molecule has 1 unspecified atom stereocenters. The lowest BCUT2D eigenvalue weighted by Crippen LogP contribution is -2.27. The SMILES string of the molecule is CC(Cc1ncc(-c2nnc(C(F)F)o2)s1)S(N)(=O)=O. The molecule has 0 saturated heterocycles. The third kappa shape index (κ3) is 3.35. The van der Waals surface area contributed by atoms with Crippen molar-refractivity contribution >= 4 is 21.4 Å². The number of hydrogen-bond acceptors (Lipinski definition) is 7. The first kappa shape index (κ1) is 14.9. The second-order valence-electron chi connectivity index (χ2n) is 3.97. The van der Waals surface area contributed by atoms with Gasteiger partial charge in [0.1, 0.15) is 4.88 Å². The van der Waals surface area contributed by atoms with Gasteiger partial charge in [-0.15, -0.1) is 21.5 Å². The average Bonchev–Trinajstić information content (AvgIpc) is 2.94. The molecule has 1 atom stereocenters. The van der Waals surface area contributed by atoms with Crippen molar-refractivity contribution in [1.82, 2.24) is 15.2 Å². The maximum Gasteiger partial charge on any atom is 0.314 e. The molecule has 0 aromatic carbocycles. The summed E-state index contributed by atoms with van der Waals surface area (Å²) in [6.07, 6.45) is -1.36. The van der Waals surface area contributed by atoms with E-state index in [-0.39, 0.29) is 12.3 Å². The molecule has 0 aliphatic rings. The molecule has 0 amide bonds. The zero-order valence-electron chi connectivity index (χ0n) is 10.2. The third-order valence-corrected chi connectivity index (χ3v) is 4.71. The number of sulfonamides is 1. The minimum Gasteiger partial charge on any atom is -0.414 e. The van der Waals surface area contributed by atoms with Crippen molar-refractivity contribution in [1.29, 1.82) is 0 Å². The molecule has 11 heteroatoms. The predicted molar refractivity (Wildman–Crippen MR) is 66.6 cm³/mol. The summed E-state index contributed by atoms with van der Waals surface area (Å²) in [5.74, 6) is -0.847. The molecule has 20 heavy (non-hydrogen) atoms. The monoisotopic (exact) mass is 324 g/mol. The van der Waals surface area contributed by atoms with E-state index in [9.17, 15) is 17.2 Å². The minimum absolute atomic E-state index is 0.0766. The Morgan fingerprint density at radius 1 is 1.45 bits per heavy atom. The minimum atomic E-state index is -3.65. The predicted octanol–water partition coefficient (Wildman–Crippen LogP) is 1.35. The molecule has 2 aromatic heterocycles. The van der Waals surface area contributed by atoms with Crippen LogP contribution in [0.1, 0.15) is 24.2 Å². The molecule has 2 N–H and O–H groups in total. The maximum atomic E-state index is 12.3. The molecule has 0 spiro atoms. The Kier molecular flexibility index (Phi) is 4.11. The maximum absolute atomic E-state index is 12.3. The molecule has 0 radical (unpaired) electrons. The van der Waals surface area contributed by atoms with Crippen LogP contribution in [0.3, 0.4) is 0 Å². The Labute approximate surface area is 116 Å². The van der Waals surface area contributed by atoms with Gasteiger partial charge in [-0.05, 0) is 6.92 Å². The Morgan fingerprint density at radius 3 is 2.70 bits per heavy atom. The smallest absolute Gasteiger partial charge is 0.314 e. The molecule has 0 saturated carbocycles. The lowest BCUT2D eigenvalue weighted by Gasteiger charge is -2.05. The van der Waals surface area contributed by atoms with Gasteiger partial charge < -0.3 is 4.42 Å². The van der Waals surface area contributed by atoms with Crippen LogP contribution in [-0.4, -0.2) is 28.8 Å². The van der Waals surface area contributed by atoms with E-state index in [0.29, 0.717) is 9.88 Å². The molecular formula is C9H10F2N4O3S2. The molecule has 0 aliphatic heterocycles. The Morgan fingerprint density at radius 2 is 2.15 bits per heavy atom. The van der Waals surface area contributed by atoms with E-state index in [1.807, 2.05) is 0 Å². The lowest BCUT2D eigenvalue weighted by atomic mass is 10.3. The van der Waals surface area contributed by atoms with Gasteiger partial charge in [0, 0.05) is 6.42 Å². The number of halogens is 2. The first-order valence-corrected chi connectivity index (χ1v) is 7.78. The molecule has 2 aromatic rings. The highest BCUT2D eigenvalue weighted by molar-refractivity contribution is 7.89. The van der Waals surface area contributed by atoms with Crippen molar-refractivity contribution in [3.63, 3.8) is 0 Å². The fraction of sp³-hybridized carbons (Fsp3) is 0.444. The van der Waals surface area contributed by atoms with Crippen LogP contribution < -0.4 is 5.14 Å². The summed E-state index contributed by atoms with van der Waals surface area (Å²) in [5, 5.41) is 11.4. The van der Waals surface area contributed by atoms with Gasteiger partial charge in [0.05, 0.1) is 16.5 Å². The lowest BCUT2D eigenvalue weighted by molar-refractivity contribution is 0.116. The van der Waals surface area contributed by atoms with Gasteiger partial charge in [0.15, 0.2) is 0 Å². The van der Waals surface area contributed by atoms with Gasteiger partial charge in [-0.2, -0.15) is 8.78 Å². The van der Waals surface area contributed by atoms with Crippen molar-refractivity contribution < 1.29 is 21.6 Å². The molecule has 0 aliphatic carbocycles. The summed E-state index contributed by atoms with van der Waals surface area (Å²) in [5.41, 5.74) is 0. The fourth-order valence-corrected chi connectivity index (χ4v) is 2.75.